The number of ether oxygens (including phenoxy) is 2. The zero-order valence-corrected chi connectivity index (χ0v) is 10.3. The minimum atomic E-state index is -0.997. The van der Waals surface area contributed by atoms with Crippen LogP contribution < -0.4 is 0 Å². The Hall–Kier alpha value is -0.840. The van der Waals surface area contributed by atoms with E-state index in [2.05, 4.69) is 0 Å². The zero-order valence-electron chi connectivity index (χ0n) is 10.3. The third kappa shape index (κ3) is 3.63. The van der Waals surface area contributed by atoms with Crippen LogP contribution in [-0.4, -0.2) is 49.1 Å². The Morgan fingerprint density at radius 2 is 2.06 bits per heavy atom. The van der Waals surface area contributed by atoms with Gasteiger partial charge < -0.3 is 14.4 Å². The van der Waals surface area contributed by atoms with Gasteiger partial charge in [0.05, 0.1) is 6.54 Å². The molecule has 94 valence electrons. The summed E-state index contributed by atoms with van der Waals surface area (Å²) in [6.07, 6.45) is -1.64. The molecule has 0 radical (unpaired) electrons. The van der Waals surface area contributed by atoms with Crippen LogP contribution in [0.5, 0.6) is 0 Å². The van der Waals surface area contributed by atoms with Gasteiger partial charge in [0.25, 0.3) is 0 Å². The fraction of sp³-hybridized carbons (Fsp3) is 0.909. The monoisotopic (exact) mass is 233 g/mol. The van der Waals surface area contributed by atoms with Crippen molar-refractivity contribution in [2.24, 2.45) is 0 Å². The van der Waals surface area contributed by atoms with Crippen molar-refractivity contribution in [3.63, 3.8) is 0 Å². The number of likely N-dealkylation sites (tertiary alicyclic amines) is 1. The molecule has 0 aromatic heterocycles. The molecule has 1 aliphatic rings. The molecule has 0 aromatic carbocycles. The van der Waals surface area contributed by atoms with E-state index in [9.17, 15) is 9.18 Å². The number of nitrogens with zero attached hydrogens (tertiary/aromatic N) is 1. The van der Waals surface area contributed by atoms with Gasteiger partial charge in [-0.15, -0.1) is 0 Å². The molecular formula is C11H20FNO3. The van der Waals surface area contributed by atoms with Crippen LogP contribution in [0.2, 0.25) is 0 Å². The van der Waals surface area contributed by atoms with Crippen molar-refractivity contribution < 1.29 is 18.7 Å². The van der Waals surface area contributed by atoms with Crippen LogP contribution in [0.1, 0.15) is 27.2 Å². The van der Waals surface area contributed by atoms with E-state index in [0.29, 0.717) is 13.0 Å². The van der Waals surface area contributed by atoms with Gasteiger partial charge in [-0.05, 0) is 27.2 Å². The molecule has 1 saturated heterocycles. The van der Waals surface area contributed by atoms with E-state index < -0.39 is 24.0 Å². The predicted octanol–water partition coefficient (Wildman–Crippen LogP) is 1.98. The van der Waals surface area contributed by atoms with E-state index in [1.54, 1.807) is 20.8 Å². The molecule has 0 saturated carbocycles. The lowest BCUT2D eigenvalue weighted by Crippen LogP contribution is -2.49. The molecule has 0 spiro atoms. The summed E-state index contributed by atoms with van der Waals surface area (Å²) in [6, 6.07) is 0. The Bertz CT molecular complexity index is 252. The quantitative estimate of drug-likeness (QED) is 0.695. The van der Waals surface area contributed by atoms with Crippen molar-refractivity contribution in [2.45, 2.75) is 45.1 Å². The molecule has 1 amide bonds. The van der Waals surface area contributed by atoms with Crippen LogP contribution in [0.15, 0.2) is 0 Å². The average molecular weight is 233 g/mol. The maximum Gasteiger partial charge on any atom is 0.410 e. The van der Waals surface area contributed by atoms with E-state index in [0.717, 1.165) is 0 Å². The van der Waals surface area contributed by atoms with Gasteiger partial charge >= 0.3 is 6.09 Å². The number of piperidine rings is 1. The third-order valence-electron chi connectivity index (χ3n) is 2.43. The smallest absolute Gasteiger partial charge is 0.410 e. The van der Waals surface area contributed by atoms with Gasteiger partial charge in [-0.25, -0.2) is 9.18 Å². The predicted molar refractivity (Wildman–Crippen MR) is 58.1 cm³/mol. The number of alkyl halides is 1. The van der Waals surface area contributed by atoms with Gasteiger partial charge in [-0.1, -0.05) is 0 Å². The molecular weight excluding hydrogens is 213 g/mol. The molecule has 1 heterocycles. The van der Waals surface area contributed by atoms with Crippen molar-refractivity contribution >= 4 is 6.09 Å². The minimum absolute atomic E-state index is 0.257. The van der Waals surface area contributed by atoms with Gasteiger partial charge in [-0.3, -0.25) is 0 Å². The number of hydrogen-bond donors (Lipinski definition) is 0. The van der Waals surface area contributed by atoms with Crippen LogP contribution in [0.4, 0.5) is 9.18 Å². The summed E-state index contributed by atoms with van der Waals surface area (Å²) in [4.78, 5) is 13.2. The number of carbonyl (C=O) groups is 1. The fourth-order valence-corrected chi connectivity index (χ4v) is 1.60. The summed E-state index contributed by atoms with van der Waals surface area (Å²) in [5.74, 6) is 0. The lowest BCUT2D eigenvalue weighted by Gasteiger charge is -2.35. The molecule has 0 aromatic rings. The first-order chi connectivity index (χ1) is 7.33. The summed E-state index contributed by atoms with van der Waals surface area (Å²) >= 11 is 0. The Kier molecular flexibility index (Phi) is 4.13. The number of rotatable bonds is 1. The average Bonchev–Trinajstić information content (AvgIpc) is 2.15. The molecule has 2 unspecified atom stereocenters. The maximum atomic E-state index is 13.3. The maximum absolute atomic E-state index is 13.3. The summed E-state index contributed by atoms with van der Waals surface area (Å²) in [6.45, 7) is 6.06. The van der Waals surface area contributed by atoms with Crippen molar-refractivity contribution in [3.05, 3.63) is 0 Å². The lowest BCUT2D eigenvalue weighted by molar-refractivity contribution is -0.0373. The van der Waals surface area contributed by atoms with Crippen molar-refractivity contribution in [2.75, 3.05) is 20.2 Å². The van der Waals surface area contributed by atoms with Crippen LogP contribution in [0.3, 0.4) is 0 Å². The Morgan fingerprint density at radius 3 is 2.56 bits per heavy atom. The van der Waals surface area contributed by atoms with Gasteiger partial charge in [-0.2, -0.15) is 0 Å². The fourth-order valence-electron chi connectivity index (χ4n) is 1.60. The van der Waals surface area contributed by atoms with Crippen LogP contribution >= 0.6 is 0 Å². The van der Waals surface area contributed by atoms with Crippen LogP contribution in [-0.2, 0) is 9.47 Å². The molecule has 0 N–H and O–H groups in total. The first kappa shape index (κ1) is 13.2. The van der Waals surface area contributed by atoms with E-state index >= 15 is 0 Å². The molecule has 0 bridgehead atoms. The molecule has 5 heteroatoms. The largest absolute Gasteiger partial charge is 0.444 e. The second-order valence-electron chi connectivity index (χ2n) is 5.01. The number of methoxy groups -OCH3 is 1. The standard InChI is InChI=1S/C11H20FNO3/c1-11(2,3)16-10(14)13-6-5-8(12)9(7-13)15-4/h8-9H,5-7H2,1-4H3. The van der Waals surface area contributed by atoms with Gasteiger partial charge in [0.15, 0.2) is 0 Å². The third-order valence-corrected chi connectivity index (χ3v) is 2.43. The van der Waals surface area contributed by atoms with Gasteiger partial charge in [0.1, 0.15) is 17.9 Å². The zero-order chi connectivity index (χ0) is 12.3. The van der Waals surface area contributed by atoms with Crippen molar-refractivity contribution in [3.8, 4) is 0 Å². The summed E-state index contributed by atoms with van der Waals surface area (Å²) in [5.41, 5.74) is -0.522. The highest BCUT2D eigenvalue weighted by Crippen LogP contribution is 2.19. The van der Waals surface area contributed by atoms with E-state index in [4.69, 9.17) is 9.47 Å². The minimum Gasteiger partial charge on any atom is -0.444 e. The number of amides is 1. The Balaban J connectivity index is 2.52. The molecule has 0 aliphatic carbocycles. The molecule has 1 aliphatic heterocycles. The van der Waals surface area contributed by atoms with Crippen LogP contribution in [0.25, 0.3) is 0 Å². The van der Waals surface area contributed by atoms with Crippen LogP contribution in [0, 0.1) is 0 Å². The summed E-state index contributed by atoms with van der Waals surface area (Å²) in [7, 11) is 1.45. The summed E-state index contributed by atoms with van der Waals surface area (Å²) in [5, 5.41) is 0. The SMILES string of the molecule is COC1CN(C(=O)OC(C)(C)C)CCC1F. The molecule has 16 heavy (non-hydrogen) atoms. The second-order valence-corrected chi connectivity index (χ2v) is 5.01. The van der Waals surface area contributed by atoms with E-state index in [1.807, 2.05) is 0 Å². The molecule has 4 nitrogen and oxygen atoms in total. The van der Waals surface area contributed by atoms with Crippen molar-refractivity contribution in [1.82, 2.24) is 4.90 Å². The Morgan fingerprint density at radius 1 is 1.44 bits per heavy atom. The van der Waals surface area contributed by atoms with Crippen molar-refractivity contribution in [1.29, 1.82) is 0 Å². The first-order valence-corrected chi connectivity index (χ1v) is 5.48. The second kappa shape index (κ2) is 4.99. The number of halogens is 1. The van der Waals surface area contributed by atoms with Gasteiger partial charge in [0.2, 0.25) is 0 Å². The first-order valence-electron chi connectivity index (χ1n) is 5.48. The van der Waals surface area contributed by atoms with Gasteiger partial charge in [0, 0.05) is 13.7 Å². The Labute approximate surface area is 95.7 Å². The van der Waals surface area contributed by atoms with E-state index in [-0.39, 0.29) is 6.54 Å². The highest BCUT2D eigenvalue weighted by molar-refractivity contribution is 5.68. The van der Waals surface area contributed by atoms with E-state index in [1.165, 1.54) is 12.0 Å². The molecule has 1 rings (SSSR count). The number of hydrogen-bond acceptors (Lipinski definition) is 3. The highest BCUT2D eigenvalue weighted by Gasteiger charge is 2.33. The summed E-state index contributed by atoms with van der Waals surface area (Å²) < 4.78 is 23.5. The molecule has 2 atom stereocenters. The lowest BCUT2D eigenvalue weighted by atomic mass is 10.1. The number of carbonyl (C=O) groups excluding carboxylic acids is 1. The highest BCUT2D eigenvalue weighted by atomic mass is 19.1. The normalized spacial score (nSPS) is 26.7. The topological polar surface area (TPSA) is 38.8 Å². The molecule has 1 fully saturated rings.